The summed E-state index contributed by atoms with van der Waals surface area (Å²) in [5.41, 5.74) is 2.56. The van der Waals surface area contributed by atoms with Crippen molar-refractivity contribution in [3.8, 4) is 0 Å². The summed E-state index contributed by atoms with van der Waals surface area (Å²) in [7, 11) is 6.36. The Hall–Kier alpha value is -0.320. The van der Waals surface area contributed by atoms with Gasteiger partial charge in [0, 0.05) is 19.2 Å². The van der Waals surface area contributed by atoms with Crippen molar-refractivity contribution >= 4 is 30.1 Å². The van der Waals surface area contributed by atoms with Crippen LogP contribution in [0.25, 0.3) is 0 Å². The Morgan fingerprint density at radius 3 is 1.89 bits per heavy atom. The smallest absolute Gasteiger partial charge is 0.0798 e. The van der Waals surface area contributed by atoms with Gasteiger partial charge in [0.25, 0.3) is 0 Å². The third-order valence-corrected chi connectivity index (χ3v) is 4.30. The number of nitrogens with zero attached hydrogens (tertiary/aromatic N) is 2. The fourth-order valence-corrected chi connectivity index (χ4v) is 3.19. The second kappa shape index (κ2) is 6.42. The second-order valence-electron chi connectivity index (χ2n) is 6.56. The predicted molar refractivity (Wildman–Crippen MR) is 90.2 cm³/mol. The maximum absolute atomic E-state index is 5.42. The highest BCUT2D eigenvalue weighted by atomic mass is 32.1. The lowest BCUT2D eigenvalue weighted by Gasteiger charge is -2.32. The average Bonchev–Trinajstić information content (AvgIpc) is 2.27. The first-order chi connectivity index (χ1) is 8.66. The molecule has 0 aliphatic heterocycles. The van der Waals surface area contributed by atoms with Gasteiger partial charge in [0.1, 0.15) is 0 Å². The van der Waals surface area contributed by atoms with Gasteiger partial charge < -0.3 is 9.80 Å². The topological polar surface area (TPSA) is 6.48 Å². The fourth-order valence-electron chi connectivity index (χ4n) is 2.33. The molecular formula is C15H26N2S2. The van der Waals surface area contributed by atoms with Crippen molar-refractivity contribution in [2.45, 2.75) is 39.0 Å². The SMILES string of the molecule is CN(C)CCCCN(C)c1c(C(C)(C)C)c(=S)c1=S. The molecule has 0 fully saturated rings. The third kappa shape index (κ3) is 4.07. The van der Waals surface area contributed by atoms with Gasteiger partial charge in [-0.2, -0.15) is 0 Å². The summed E-state index contributed by atoms with van der Waals surface area (Å²) in [4.78, 5) is 4.51. The van der Waals surface area contributed by atoms with Gasteiger partial charge in [-0.3, -0.25) is 0 Å². The molecule has 0 N–H and O–H groups in total. The molecule has 2 nitrogen and oxygen atoms in total. The van der Waals surface area contributed by atoms with E-state index in [1.54, 1.807) is 0 Å². The standard InChI is InChI=1S/C15H26N2S2/c1-15(2,3)11-12(14(19)13(11)18)17(6)10-8-7-9-16(4)5/h7-10H2,1-6H3. The van der Waals surface area contributed by atoms with E-state index in [0.29, 0.717) is 0 Å². The largest absolute Gasteiger partial charge is 0.373 e. The zero-order chi connectivity index (χ0) is 14.8. The molecule has 19 heavy (non-hydrogen) atoms. The van der Waals surface area contributed by atoms with E-state index in [9.17, 15) is 0 Å². The number of hydrogen-bond donors (Lipinski definition) is 0. The molecule has 0 aliphatic carbocycles. The summed E-state index contributed by atoms with van der Waals surface area (Å²) in [6.07, 6.45) is 2.40. The van der Waals surface area contributed by atoms with Crippen LogP contribution in [0, 0.1) is 9.02 Å². The highest BCUT2D eigenvalue weighted by molar-refractivity contribution is 7.74. The van der Waals surface area contributed by atoms with E-state index >= 15 is 0 Å². The number of rotatable bonds is 6. The number of anilines is 1. The van der Waals surface area contributed by atoms with Crippen LogP contribution in [-0.2, 0) is 5.41 Å². The first-order valence-electron chi connectivity index (χ1n) is 6.86. The summed E-state index contributed by atoms with van der Waals surface area (Å²) in [5.74, 6) is 0. The molecule has 0 bridgehead atoms. The number of unbranched alkanes of at least 4 members (excludes halogenated alkanes) is 1. The Kier molecular flexibility index (Phi) is 5.65. The Labute approximate surface area is 128 Å². The fraction of sp³-hybridized carbons (Fsp3) is 0.733. The maximum Gasteiger partial charge on any atom is 0.0798 e. The van der Waals surface area contributed by atoms with Crippen LogP contribution in [0.2, 0.25) is 0 Å². The maximum atomic E-state index is 5.42. The lowest BCUT2D eigenvalue weighted by atomic mass is 9.83. The van der Waals surface area contributed by atoms with Crippen LogP contribution in [0.3, 0.4) is 0 Å². The highest BCUT2D eigenvalue weighted by Gasteiger charge is 2.27. The zero-order valence-corrected chi connectivity index (χ0v) is 14.7. The summed E-state index contributed by atoms with van der Waals surface area (Å²) in [5, 5.41) is 0. The van der Waals surface area contributed by atoms with Crippen LogP contribution in [0.5, 0.6) is 0 Å². The first-order valence-corrected chi connectivity index (χ1v) is 7.67. The molecule has 0 aliphatic rings. The van der Waals surface area contributed by atoms with Crippen molar-refractivity contribution in [3.05, 3.63) is 14.6 Å². The molecule has 0 unspecified atom stereocenters. The molecule has 0 radical (unpaired) electrons. The molecule has 0 saturated carbocycles. The van der Waals surface area contributed by atoms with Gasteiger partial charge in [-0.25, -0.2) is 0 Å². The van der Waals surface area contributed by atoms with Crippen molar-refractivity contribution in [1.82, 2.24) is 4.90 Å². The van der Waals surface area contributed by atoms with E-state index in [0.717, 1.165) is 22.1 Å². The Balaban J connectivity index is 2.69. The van der Waals surface area contributed by atoms with E-state index < -0.39 is 0 Å². The minimum atomic E-state index is 0.0899. The molecule has 0 amide bonds. The van der Waals surface area contributed by atoms with Gasteiger partial charge >= 0.3 is 0 Å². The molecule has 0 atom stereocenters. The van der Waals surface area contributed by atoms with Crippen molar-refractivity contribution < 1.29 is 0 Å². The average molecular weight is 299 g/mol. The zero-order valence-electron chi connectivity index (χ0n) is 13.0. The second-order valence-corrected chi connectivity index (χ2v) is 7.38. The first kappa shape index (κ1) is 16.7. The third-order valence-electron chi connectivity index (χ3n) is 3.37. The van der Waals surface area contributed by atoms with Crippen molar-refractivity contribution in [1.29, 1.82) is 0 Å². The Morgan fingerprint density at radius 2 is 1.42 bits per heavy atom. The monoisotopic (exact) mass is 298 g/mol. The summed E-state index contributed by atoms with van der Waals surface area (Å²) in [6, 6.07) is 0. The van der Waals surface area contributed by atoms with Crippen LogP contribution >= 0.6 is 24.4 Å². The molecule has 0 spiro atoms. The lowest BCUT2D eigenvalue weighted by Crippen LogP contribution is -2.27. The van der Waals surface area contributed by atoms with Gasteiger partial charge in [-0.15, -0.1) is 0 Å². The normalized spacial score (nSPS) is 12.4. The van der Waals surface area contributed by atoms with E-state index in [1.165, 1.54) is 24.1 Å². The van der Waals surface area contributed by atoms with Crippen LogP contribution in [0.15, 0.2) is 0 Å². The van der Waals surface area contributed by atoms with Gasteiger partial charge in [-0.05, 0) is 38.9 Å². The van der Waals surface area contributed by atoms with Gasteiger partial charge in [0.05, 0.1) is 14.7 Å². The van der Waals surface area contributed by atoms with Gasteiger partial charge in [0.2, 0.25) is 0 Å². The van der Waals surface area contributed by atoms with Gasteiger partial charge in [0.15, 0.2) is 0 Å². The molecular weight excluding hydrogens is 272 g/mol. The lowest BCUT2D eigenvalue weighted by molar-refractivity contribution is 0.395. The minimum absolute atomic E-state index is 0.0899. The molecule has 0 aromatic heterocycles. The summed E-state index contributed by atoms with van der Waals surface area (Å²) < 4.78 is 1.78. The van der Waals surface area contributed by atoms with Crippen LogP contribution < -0.4 is 4.90 Å². The highest BCUT2D eigenvalue weighted by Crippen LogP contribution is 2.38. The van der Waals surface area contributed by atoms with Crippen molar-refractivity contribution in [3.63, 3.8) is 0 Å². The summed E-state index contributed by atoms with van der Waals surface area (Å²) >= 11 is 10.8. The molecule has 4 heteroatoms. The van der Waals surface area contributed by atoms with Crippen molar-refractivity contribution in [2.24, 2.45) is 0 Å². The van der Waals surface area contributed by atoms with E-state index in [2.05, 4.69) is 51.7 Å². The molecule has 1 aromatic carbocycles. The molecule has 108 valence electrons. The summed E-state index contributed by atoms with van der Waals surface area (Å²) in [6.45, 7) is 8.80. The number of hydrogen-bond acceptors (Lipinski definition) is 4. The molecule has 0 heterocycles. The predicted octanol–water partition coefficient (Wildman–Crippen LogP) is 4.10. The Morgan fingerprint density at radius 1 is 0.895 bits per heavy atom. The van der Waals surface area contributed by atoms with E-state index in [-0.39, 0.29) is 5.41 Å². The van der Waals surface area contributed by atoms with Crippen LogP contribution in [-0.4, -0.2) is 39.1 Å². The van der Waals surface area contributed by atoms with Gasteiger partial charge in [-0.1, -0.05) is 45.2 Å². The van der Waals surface area contributed by atoms with E-state index in [4.69, 9.17) is 24.4 Å². The minimum Gasteiger partial charge on any atom is -0.373 e. The quantitative estimate of drug-likeness (QED) is 0.576. The molecule has 1 aromatic rings. The molecule has 0 saturated heterocycles. The van der Waals surface area contributed by atoms with E-state index in [1.807, 2.05) is 0 Å². The van der Waals surface area contributed by atoms with Crippen molar-refractivity contribution in [2.75, 3.05) is 39.1 Å². The van der Waals surface area contributed by atoms with Crippen LogP contribution in [0.4, 0.5) is 5.69 Å². The van der Waals surface area contributed by atoms with Crippen LogP contribution in [0.1, 0.15) is 39.2 Å². The molecule has 1 rings (SSSR count). The Bertz CT molecular complexity index is 491.